The van der Waals surface area contributed by atoms with Gasteiger partial charge in [0.2, 0.25) is 0 Å². The minimum atomic E-state index is -0.780. The van der Waals surface area contributed by atoms with Crippen LogP contribution in [0.2, 0.25) is 0 Å². The smallest absolute Gasteiger partial charge is 0.306 e. The average Bonchev–Trinajstić information content (AvgIpc) is 3.24. The highest BCUT2D eigenvalue weighted by Gasteiger charge is 2.19. The van der Waals surface area contributed by atoms with Gasteiger partial charge in [0.1, 0.15) is 13.2 Å². The number of hydrogen-bond donors (Lipinski definition) is 0. The summed E-state index contributed by atoms with van der Waals surface area (Å²) in [5.41, 5.74) is 0. The zero-order valence-electron chi connectivity index (χ0n) is 40.0. The molecule has 1 atom stereocenters. The van der Waals surface area contributed by atoms with Crippen molar-refractivity contribution in [2.45, 2.75) is 277 Å². The van der Waals surface area contributed by atoms with Crippen LogP contribution in [0.5, 0.6) is 0 Å². The number of rotatable bonds is 47. The molecule has 0 radical (unpaired) electrons. The third-order valence-corrected chi connectivity index (χ3v) is 11.3. The minimum Gasteiger partial charge on any atom is -0.462 e. The van der Waals surface area contributed by atoms with Crippen LogP contribution in [0, 0.1) is 0 Å². The molecular formula is C54H98O6. The second kappa shape index (κ2) is 49.3. The van der Waals surface area contributed by atoms with E-state index in [1.165, 1.54) is 148 Å². The maximum atomic E-state index is 12.8. The maximum absolute atomic E-state index is 12.8. The van der Waals surface area contributed by atoms with Gasteiger partial charge in [-0.15, -0.1) is 0 Å². The van der Waals surface area contributed by atoms with E-state index >= 15 is 0 Å². The standard InChI is InChI=1S/C54H98O6/c1-4-7-10-13-16-19-22-25-26-27-30-32-35-38-41-44-47-53(56)59-50-51(60-54(57)48-45-42-39-36-33-29-24-21-18-15-12-9-6-3)49-58-52(55)46-43-40-37-34-31-28-23-20-17-14-11-8-5-2/h20-21,23-24,26-27,51H,4-19,22,25,28-50H2,1-3H3/b23-20-,24-21-,27-26-/t51-/m1/s1. The Morgan fingerprint density at radius 2 is 0.550 bits per heavy atom. The van der Waals surface area contributed by atoms with E-state index in [1.807, 2.05) is 0 Å². The average molecular weight is 843 g/mol. The Kier molecular flexibility index (Phi) is 47.3. The molecule has 0 N–H and O–H groups in total. The van der Waals surface area contributed by atoms with Crippen molar-refractivity contribution in [2.24, 2.45) is 0 Å². The molecule has 0 aliphatic carbocycles. The molecule has 0 saturated heterocycles. The van der Waals surface area contributed by atoms with Gasteiger partial charge < -0.3 is 14.2 Å². The van der Waals surface area contributed by atoms with Crippen LogP contribution in [0.4, 0.5) is 0 Å². The number of carbonyl (C=O) groups is 3. The first-order valence-electron chi connectivity index (χ1n) is 26.0. The summed E-state index contributed by atoms with van der Waals surface area (Å²) < 4.78 is 16.8. The quantitative estimate of drug-likeness (QED) is 0.0263. The molecule has 0 rings (SSSR count). The summed E-state index contributed by atoms with van der Waals surface area (Å²) in [7, 11) is 0. The number of carbonyl (C=O) groups excluding carboxylic acids is 3. The van der Waals surface area contributed by atoms with Gasteiger partial charge >= 0.3 is 17.9 Å². The zero-order chi connectivity index (χ0) is 43.7. The fourth-order valence-electron chi connectivity index (χ4n) is 7.37. The number of ether oxygens (including phenoxy) is 3. The molecule has 0 fully saturated rings. The molecule has 0 amide bonds. The van der Waals surface area contributed by atoms with Gasteiger partial charge in [-0.1, -0.05) is 192 Å². The Morgan fingerprint density at radius 3 is 0.850 bits per heavy atom. The van der Waals surface area contributed by atoms with Gasteiger partial charge in [0.25, 0.3) is 0 Å². The van der Waals surface area contributed by atoms with E-state index in [-0.39, 0.29) is 31.1 Å². The normalized spacial score (nSPS) is 12.2. The van der Waals surface area contributed by atoms with Crippen molar-refractivity contribution >= 4 is 17.9 Å². The van der Waals surface area contributed by atoms with Gasteiger partial charge in [0.15, 0.2) is 6.10 Å². The van der Waals surface area contributed by atoms with Crippen molar-refractivity contribution in [3.05, 3.63) is 36.5 Å². The fraction of sp³-hybridized carbons (Fsp3) is 0.833. The number of unbranched alkanes of at least 4 members (excludes halogenated alkanes) is 30. The van der Waals surface area contributed by atoms with Crippen LogP contribution < -0.4 is 0 Å². The minimum absolute atomic E-state index is 0.0810. The van der Waals surface area contributed by atoms with E-state index in [4.69, 9.17) is 14.2 Å². The zero-order valence-corrected chi connectivity index (χ0v) is 40.0. The highest BCUT2D eigenvalue weighted by Crippen LogP contribution is 2.14. The van der Waals surface area contributed by atoms with Gasteiger partial charge in [-0.25, -0.2) is 0 Å². The first kappa shape index (κ1) is 57.6. The highest BCUT2D eigenvalue weighted by atomic mass is 16.6. The van der Waals surface area contributed by atoms with Gasteiger partial charge in [-0.2, -0.15) is 0 Å². The van der Waals surface area contributed by atoms with E-state index in [1.54, 1.807) is 0 Å². The SMILES string of the molecule is CCCCCC/C=C\CCCCCCCC(=O)OC[C@H](COC(=O)CCCCCCC/C=C\CCCCCCCCC)OC(=O)CCCCCCC/C=C\CCCCCC. The molecule has 6 nitrogen and oxygen atoms in total. The Hall–Kier alpha value is -2.37. The Labute approximate surface area is 372 Å². The van der Waals surface area contributed by atoms with Gasteiger partial charge in [0.05, 0.1) is 0 Å². The van der Waals surface area contributed by atoms with E-state index in [0.717, 1.165) is 83.5 Å². The van der Waals surface area contributed by atoms with Crippen LogP contribution in [0.1, 0.15) is 271 Å². The number of allylic oxidation sites excluding steroid dienone is 6. The van der Waals surface area contributed by atoms with Crippen LogP contribution >= 0.6 is 0 Å². The van der Waals surface area contributed by atoms with E-state index in [9.17, 15) is 14.4 Å². The fourth-order valence-corrected chi connectivity index (χ4v) is 7.37. The lowest BCUT2D eigenvalue weighted by Crippen LogP contribution is -2.30. The van der Waals surface area contributed by atoms with Crippen molar-refractivity contribution in [1.82, 2.24) is 0 Å². The monoisotopic (exact) mass is 843 g/mol. The van der Waals surface area contributed by atoms with Crippen molar-refractivity contribution < 1.29 is 28.6 Å². The first-order chi connectivity index (χ1) is 29.5. The second-order valence-electron chi connectivity index (χ2n) is 17.4. The van der Waals surface area contributed by atoms with Crippen molar-refractivity contribution in [2.75, 3.05) is 13.2 Å². The first-order valence-corrected chi connectivity index (χ1v) is 26.0. The van der Waals surface area contributed by atoms with Crippen LogP contribution in [-0.4, -0.2) is 37.2 Å². The molecule has 0 aliphatic heterocycles. The molecule has 6 heteroatoms. The lowest BCUT2D eigenvalue weighted by molar-refractivity contribution is -0.167. The van der Waals surface area contributed by atoms with Crippen LogP contribution in [0.25, 0.3) is 0 Å². The maximum Gasteiger partial charge on any atom is 0.306 e. The number of hydrogen-bond acceptors (Lipinski definition) is 6. The molecule has 350 valence electrons. The lowest BCUT2D eigenvalue weighted by atomic mass is 10.1. The molecule has 0 bridgehead atoms. The predicted octanol–water partition coefficient (Wildman–Crippen LogP) is 16.9. The summed E-state index contributed by atoms with van der Waals surface area (Å²) in [6.45, 7) is 6.60. The Bertz CT molecular complexity index is 1020. The summed E-state index contributed by atoms with van der Waals surface area (Å²) >= 11 is 0. The second-order valence-corrected chi connectivity index (χ2v) is 17.4. The molecule has 0 aromatic carbocycles. The predicted molar refractivity (Wildman–Crippen MR) is 256 cm³/mol. The lowest BCUT2D eigenvalue weighted by Gasteiger charge is -2.18. The highest BCUT2D eigenvalue weighted by molar-refractivity contribution is 5.71. The molecule has 0 heterocycles. The molecule has 0 aromatic heterocycles. The Balaban J connectivity index is 4.38. The van der Waals surface area contributed by atoms with Crippen molar-refractivity contribution in [3.63, 3.8) is 0 Å². The molecule has 0 spiro atoms. The molecular weight excluding hydrogens is 745 g/mol. The summed E-state index contributed by atoms with van der Waals surface area (Å²) in [6, 6.07) is 0. The molecule has 60 heavy (non-hydrogen) atoms. The van der Waals surface area contributed by atoms with Crippen molar-refractivity contribution in [1.29, 1.82) is 0 Å². The molecule has 0 saturated carbocycles. The van der Waals surface area contributed by atoms with Gasteiger partial charge in [-0.05, 0) is 96.3 Å². The van der Waals surface area contributed by atoms with Gasteiger partial charge in [-0.3, -0.25) is 14.4 Å². The third kappa shape index (κ3) is 46.7. The summed E-state index contributed by atoms with van der Waals surface area (Å²) in [5.74, 6) is -0.898. The van der Waals surface area contributed by atoms with E-state index in [2.05, 4.69) is 57.2 Å². The number of esters is 3. The van der Waals surface area contributed by atoms with Gasteiger partial charge in [0, 0.05) is 19.3 Å². The van der Waals surface area contributed by atoms with E-state index < -0.39 is 6.10 Å². The summed E-state index contributed by atoms with van der Waals surface area (Å²) in [5, 5.41) is 0. The molecule has 0 aromatic rings. The van der Waals surface area contributed by atoms with Crippen LogP contribution in [-0.2, 0) is 28.6 Å². The molecule has 0 unspecified atom stereocenters. The Morgan fingerprint density at radius 1 is 0.317 bits per heavy atom. The summed E-state index contributed by atoms with van der Waals surface area (Å²) in [6.07, 6.45) is 56.9. The summed E-state index contributed by atoms with van der Waals surface area (Å²) in [4.78, 5) is 37.9. The van der Waals surface area contributed by atoms with Crippen LogP contribution in [0.3, 0.4) is 0 Å². The molecule has 0 aliphatic rings. The largest absolute Gasteiger partial charge is 0.462 e. The van der Waals surface area contributed by atoms with Crippen LogP contribution in [0.15, 0.2) is 36.5 Å². The van der Waals surface area contributed by atoms with Crippen molar-refractivity contribution in [3.8, 4) is 0 Å². The third-order valence-electron chi connectivity index (χ3n) is 11.3. The van der Waals surface area contributed by atoms with E-state index in [0.29, 0.717) is 19.3 Å². The topological polar surface area (TPSA) is 78.9 Å².